The van der Waals surface area contributed by atoms with Crippen LogP contribution in [0.1, 0.15) is 0 Å². The first-order valence-corrected chi connectivity index (χ1v) is 11.5. The molecule has 0 saturated heterocycles. The van der Waals surface area contributed by atoms with E-state index in [1.807, 2.05) is 0 Å². The fraction of sp³-hybridized carbons (Fsp3) is 0. The van der Waals surface area contributed by atoms with Gasteiger partial charge in [-0.1, -0.05) is 0 Å². The van der Waals surface area contributed by atoms with Gasteiger partial charge in [0.05, 0.1) is 0 Å². The predicted octanol–water partition coefficient (Wildman–Crippen LogP) is 0.802. The molecule has 0 spiro atoms. The molecule has 1 heterocycles. The van der Waals surface area contributed by atoms with Crippen molar-refractivity contribution in [1.82, 2.24) is 0 Å². The molecule has 0 aliphatic heterocycles. The summed E-state index contributed by atoms with van der Waals surface area (Å²) in [5, 5.41) is 0.384. The zero-order chi connectivity index (χ0) is 4.41. The normalized spacial score (nSPS) is 9.33. The van der Waals surface area contributed by atoms with Crippen LogP contribution in [0.15, 0.2) is 23.7 Å². The zero-order valence-corrected chi connectivity index (χ0v) is 10.4. The first-order chi connectivity index (χ1) is 2.89. The van der Waals surface area contributed by atoms with E-state index in [2.05, 4.69) is 23.7 Å². The Bertz CT molecular complexity index is 111. The van der Waals surface area contributed by atoms with E-state index < -0.39 is 0 Å². The molecule has 0 bridgehead atoms. The fourth-order valence-electron chi connectivity index (χ4n) is 0.421. The summed E-state index contributed by atoms with van der Waals surface area (Å²) in [7, 11) is 0. The Morgan fingerprint density at radius 1 is 1.17 bits per heavy atom. The van der Waals surface area contributed by atoms with Crippen molar-refractivity contribution in [3.63, 3.8) is 0 Å². The average Bonchev–Trinajstić information content (AvgIpc) is 1.86. The van der Waals surface area contributed by atoms with Gasteiger partial charge in [-0.25, -0.2) is 0 Å². The molecule has 0 nitrogen and oxygen atoms in total. The van der Waals surface area contributed by atoms with Crippen LogP contribution in [0.3, 0.4) is 0 Å². The summed E-state index contributed by atoms with van der Waals surface area (Å²) in [5.41, 5.74) is 0. The van der Waals surface area contributed by atoms with E-state index >= 15 is 0 Å². The van der Waals surface area contributed by atoms with Gasteiger partial charge in [-0.05, 0) is 0 Å². The second-order valence-corrected chi connectivity index (χ2v) is 12.1. The van der Waals surface area contributed by atoms with Gasteiger partial charge in [0.25, 0.3) is 0 Å². The third kappa shape index (κ3) is 1.02. The summed E-state index contributed by atoms with van der Waals surface area (Å²) >= 11 is 0.890. The standard InChI is InChI=1S/C4H4P.Sn.3H/c1-2-4-5-3-1;;;;/h1-4H;;;;/q-1;+1;;;. The first kappa shape index (κ1) is 4.73. The van der Waals surface area contributed by atoms with Gasteiger partial charge in [-0.3, -0.25) is 0 Å². The average molecular weight is 205 g/mol. The molecular weight excluding hydrogens is 198 g/mol. The van der Waals surface area contributed by atoms with E-state index in [1.54, 1.807) is 0 Å². The van der Waals surface area contributed by atoms with Crippen molar-refractivity contribution in [1.29, 1.82) is 0 Å². The van der Waals surface area contributed by atoms with E-state index in [0.717, 1.165) is 22.0 Å². The van der Waals surface area contributed by atoms with Crippen molar-refractivity contribution < 1.29 is 0 Å². The molecule has 0 atom stereocenters. The third-order valence-electron chi connectivity index (χ3n) is 0.754. The zero-order valence-electron chi connectivity index (χ0n) is 3.76. The van der Waals surface area contributed by atoms with Gasteiger partial charge in [0.1, 0.15) is 0 Å². The van der Waals surface area contributed by atoms with Gasteiger partial charge < -0.3 is 0 Å². The molecule has 1 rings (SSSR count). The summed E-state index contributed by atoms with van der Waals surface area (Å²) in [5.74, 6) is 4.65. The summed E-state index contributed by atoms with van der Waals surface area (Å²) in [6, 6.07) is 4.31. The van der Waals surface area contributed by atoms with E-state index in [-0.39, 0.29) is 0 Å². The fourth-order valence-corrected chi connectivity index (χ4v) is 4.21. The molecule has 2 heteroatoms. The van der Waals surface area contributed by atoms with Gasteiger partial charge in [-0.15, -0.1) is 0 Å². The van der Waals surface area contributed by atoms with Crippen LogP contribution in [-0.2, 0) is 0 Å². The minimum absolute atomic E-state index is 0.384. The Balaban J connectivity index is 3.05. The number of hydrogen-bond acceptors (Lipinski definition) is 0. The van der Waals surface area contributed by atoms with Crippen LogP contribution in [0.25, 0.3) is 0 Å². The maximum atomic E-state index is 2.32. The topological polar surface area (TPSA) is 0 Å². The Morgan fingerprint density at radius 3 is 1.83 bits per heavy atom. The summed E-state index contributed by atoms with van der Waals surface area (Å²) < 4.78 is 0. The molecule has 0 saturated carbocycles. The Morgan fingerprint density at radius 2 is 1.67 bits per heavy atom. The predicted molar refractivity (Wildman–Crippen MR) is 34.5 cm³/mol. The van der Waals surface area contributed by atoms with E-state index in [0.29, 0.717) is 5.19 Å². The minimum atomic E-state index is 0.384. The van der Waals surface area contributed by atoms with Gasteiger partial charge in [-0.2, -0.15) is 0 Å². The van der Waals surface area contributed by atoms with E-state index in [9.17, 15) is 0 Å². The van der Waals surface area contributed by atoms with E-state index in [4.69, 9.17) is 0 Å². The molecule has 0 unspecified atom stereocenters. The Hall–Kier alpha value is 0.579. The van der Waals surface area contributed by atoms with Crippen LogP contribution in [0.2, 0.25) is 0 Å². The molecule has 0 aliphatic carbocycles. The third-order valence-corrected chi connectivity index (χ3v) is 7.14. The molecule has 0 radical (unpaired) electrons. The molecule has 0 aliphatic rings. The molecular formula is C4H7PSn. The number of rotatable bonds is 0. The molecule has 0 fully saturated rings. The van der Waals surface area contributed by atoms with Crippen molar-refractivity contribution in [2.75, 3.05) is 0 Å². The van der Waals surface area contributed by atoms with Crippen molar-refractivity contribution in [2.45, 2.75) is 0 Å². The maximum absolute atomic E-state index is 2.32. The molecule has 1 aromatic heterocycles. The number of hydrogen-bond donors (Lipinski definition) is 0. The van der Waals surface area contributed by atoms with Gasteiger partial charge in [0.15, 0.2) is 0 Å². The quantitative estimate of drug-likeness (QED) is 0.549. The monoisotopic (exact) mass is 206 g/mol. The second-order valence-electron chi connectivity index (χ2n) is 1.35. The molecule has 32 valence electrons. The first-order valence-electron chi connectivity index (χ1n) is 1.96. The Labute approximate surface area is 51.1 Å². The summed E-state index contributed by atoms with van der Waals surface area (Å²) in [4.78, 5) is 0. The van der Waals surface area contributed by atoms with Crippen LogP contribution in [0.5, 0.6) is 0 Å². The van der Waals surface area contributed by atoms with Gasteiger partial charge >= 0.3 is 50.9 Å². The van der Waals surface area contributed by atoms with Crippen molar-refractivity contribution in [3.8, 4) is 0 Å². The summed E-state index contributed by atoms with van der Waals surface area (Å²) in [6.07, 6.45) is 0. The molecule has 1 aromatic rings. The van der Waals surface area contributed by atoms with Crippen LogP contribution in [0, 0.1) is 0 Å². The molecule has 6 heavy (non-hydrogen) atoms. The SMILES string of the molecule is [SnH3][p]1cccc1. The van der Waals surface area contributed by atoms with Crippen LogP contribution < -0.4 is 0 Å². The van der Waals surface area contributed by atoms with Gasteiger partial charge in [0.2, 0.25) is 0 Å². The van der Waals surface area contributed by atoms with Crippen LogP contribution in [0.4, 0.5) is 0 Å². The second kappa shape index (κ2) is 2.04. The van der Waals surface area contributed by atoms with Crippen molar-refractivity contribution in [3.05, 3.63) is 23.7 Å². The van der Waals surface area contributed by atoms with Crippen LogP contribution >= 0.6 is 5.19 Å². The molecule has 0 aromatic carbocycles. The van der Waals surface area contributed by atoms with Gasteiger partial charge in [0, 0.05) is 0 Å². The van der Waals surface area contributed by atoms with Crippen LogP contribution in [-0.4, -0.2) is 22.0 Å². The molecule has 0 N–H and O–H groups in total. The van der Waals surface area contributed by atoms with Crippen molar-refractivity contribution in [2.24, 2.45) is 0 Å². The Kier molecular flexibility index (Phi) is 1.61. The van der Waals surface area contributed by atoms with Crippen molar-refractivity contribution >= 4 is 27.2 Å². The molecule has 0 amide bonds. The summed E-state index contributed by atoms with van der Waals surface area (Å²) in [6.45, 7) is 0. The van der Waals surface area contributed by atoms with E-state index in [1.165, 1.54) is 0 Å².